The molecule has 1 heterocycles. The lowest BCUT2D eigenvalue weighted by atomic mass is 10.0. The molecule has 0 unspecified atom stereocenters. The molecule has 0 amide bonds. The van der Waals surface area contributed by atoms with Crippen molar-refractivity contribution in [2.45, 2.75) is 6.42 Å². The Morgan fingerprint density at radius 1 is 1.13 bits per heavy atom. The third-order valence-corrected chi connectivity index (χ3v) is 3.14. The molecular weight excluding hydrogens is 206 g/mol. The van der Waals surface area contributed by atoms with Crippen molar-refractivity contribution in [2.75, 3.05) is 5.88 Å². The van der Waals surface area contributed by atoms with E-state index in [1.807, 2.05) is 0 Å². The van der Waals surface area contributed by atoms with E-state index >= 15 is 0 Å². The molecule has 0 saturated heterocycles. The molecule has 2 heteroatoms. The van der Waals surface area contributed by atoms with Gasteiger partial charge in [-0.05, 0) is 22.4 Å². The minimum atomic E-state index is 0.531. The summed E-state index contributed by atoms with van der Waals surface area (Å²) in [5.41, 5.74) is 3.48. The Bertz CT molecular complexity index is 557. The van der Waals surface area contributed by atoms with Crippen LogP contribution in [-0.4, -0.2) is 11.6 Å². The smallest absolute Gasteiger partial charge is 0.0671 e. The Labute approximate surface area is 93.4 Å². The second kappa shape index (κ2) is 3.35. The van der Waals surface area contributed by atoms with E-state index in [1.165, 1.54) is 16.3 Å². The fourth-order valence-electron chi connectivity index (χ4n) is 2.11. The van der Waals surface area contributed by atoms with Crippen molar-refractivity contribution in [1.82, 2.24) is 0 Å². The number of nitrogens with zero attached hydrogens (tertiary/aromatic N) is 1. The lowest BCUT2D eigenvalue weighted by Gasteiger charge is -2.03. The van der Waals surface area contributed by atoms with Gasteiger partial charge in [-0.25, -0.2) is 0 Å². The molecule has 0 bridgehead atoms. The number of aliphatic imine (C=N–C) groups is 1. The van der Waals surface area contributed by atoms with Gasteiger partial charge in [-0.15, -0.1) is 11.6 Å². The summed E-state index contributed by atoms with van der Waals surface area (Å²) >= 11 is 5.82. The van der Waals surface area contributed by atoms with E-state index in [0.717, 1.165) is 17.8 Å². The lowest BCUT2D eigenvalue weighted by Crippen LogP contribution is -1.98. The lowest BCUT2D eigenvalue weighted by molar-refractivity contribution is 1.42. The summed E-state index contributed by atoms with van der Waals surface area (Å²) in [7, 11) is 0. The summed E-state index contributed by atoms with van der Waals surface area (Å²) in [5, 5.41) is 2.58. The summed E-state index contributed by atoms with van der Waals surface area (Å²) in [5.74, 6) is 0.531. The molecule has 0 aromatic heterocycles. The quantitative estimate of drug-likeness (QED) is 0.644. The molecule has 3 rings (SSSR count). The maximum atomic E-state index is 5.82. The van der Waals surface area contributed by atoms with Gasteiger partial charge < -0.3 is 0 Å². The molecule has 1 aliphatic rings. The maximum Gasteiger partial charge on any atom is 0.0671 e. The van der Waals surface area contributed by atoms with Crippen LogP contribution in [0, 0.1) is 0 Å². The Balaban J connectivity index is 2.25. The van der Waals surface area contributed by atoms with Crippen LogP contribution >= 0.6 is 11.6 Å². The Morgan fingerprint density at radius 3 is 2.87 bits per heavy atom. The predicted octanol–water partition coefficient (Wildman–Crippen LogP) is 3.71. The third kappa shape index (κ3) is 1.35. The van der Waals surface area contributed by atoms with Crippen LogP contribution in [0.3, 0.4) is 0 Å². The number of fused-ring (bicyclic) bond motifs is 3. The van der Waals surface area contributed by atoms with E-state index in [9.17, 15) is 0 Å². The number of hydrogen-bond acceptors (Lipinski definition) is 1. The molecule has 74 valence electrons. The van der Waals surface area contributed by atoms with Crippen molar-refractivity contribution in [3.05, 3.63) is 42.0 Å². The van der Waals surface area contributed by atoms with Gasteiger partial charge in [0.15, 0.2) is 0 Å². The van der Waals surface area contributed by atoms with Crippen LogP contribution in [0.5, 0.6) is 0 Å². The minimum absolute atomic E-state index is 0.531. The first-order valence-corrected chi connectivity index (χ1v) is 5.55. The largest absolute Gasteiger partial charge is 0.256 e. The zero-order chi connectivity index (χ0) is 10.3. The fraction of sp³-hybridized carbons (Fsp3) is 0.154. The van der Waals surface area contributed by atoms with Crippen LogP contribution in [0.1, 0.15) is 5.56 Å². The average molecular weight is 216 g/mol. The molecular formula is C13H10ClN. The fourth-order valence-corrected chi connectivity index (χ4v) is 2.26. The van der Waals surface area contributed by atoms with Crippen molar-refractivity contribution in [1.29, 1.82) is 0 Å². The van der Waals surface area contributed by atoms with Crippen molar-refractivity contribution in [3.8, 4) is 0 Å². The van der Waals surface area contributed by atoms with E-state index in [1.54, 1.807) is 0 Å². The zero-order valence-corrected chi connectivity index (χ0v) is 8.96. The van der Waals surface area contributed by atoms with Crippen molar-refractivity contribution < 1.29 is 0 Å². The normalized spacial score (nSPS) is 14.1. The zero-order valence-electron chi connectivity index (χ0n) is 8.20. The van der Waals surface area contributed by atoms with Gasteiger partial charge >= 0.3 is 0 Å². The second-order valence-electron chi connectivity index (χ2n) is 3.77. The second-order valence-corrected chi connectivity index (χ2v) is 4.04. The Kier molecular flexibility index (Phi) is 2.00. The van der Waals surface area contributed by atoms with Crippen molar-refractivity contribution in [3.63, 3.8) is 0 Å². The van der Waals surface area contributed by atoms with Crippen molar-refractivity contribution in [2.24, 2.45) is 4.99 Å². The Morgan fingerprint density at radius 2 is 2.00 bits per heavy atom. The van der Waals surface area contributed by atoms with E-state index < -0.39 is 0 Å². The van der Waals surface area contributed by atoms with E-state index in [-0.39, 0.29) is 0 Å². The average Bonchev–Trinajstić information content (AvgIpc) is 2.72. The SMILES string of the molecule is ClCC1=Nc2ccc3ccccc3c2C1. The molecule has 1 nitrogen and oxygen atoms in total. The van der Waals surface area contributed by atoms with Crippen LogP contribution in [0.15, 0.2) is 41.4 Å². The first kappa shape index (κ1) is 8.93. The van der Waals surface area contributed by atoms with Crippen LogP contribution in [0.25, 0.3) is 10.8 Å². The highest BCUT2D eigenvalue weighted by Gasteiger charge is 2.15. The first-order valence-electron chi connectivity index (χ1n) is 5.01. The monoisotopic (exact) mass is 215 g/mol. The predicted molar refractivity (Wildman–Crippen MR) is 65.5 cm³/mol. The minimum Gasteiger partial charge on any atom is -0.256 e. The highest BCUT2D eigenvalue weighted by atomic mass is 35.5. The first-order chi connectivity index (χ1) is 7.38. The summed E-state index contributed by atoms with van der Waals surface area (Å²) in [6, 6.07) is 12.6. The summed E-state index contributed by atoms with van der Waals surface area (Å²) in [4.78, 5) is 4.50. The van der Waals surface area contributed by atoms with Gasteiger partial charge in [-0.2, -0.15) is 0 Å². The van der Waals surface area contributed by atoms with Gasteiger partial charge in [-0.3, -0.25) is 4.99 Å². The summed E-state index contributed by atoms with van der Waals surface area (Å²) < 4.78 is 0. The van der Waals surface area contributed by atoms with Gasteiger partial charge in [-0.1, -0.05) is 30.3 Å². The topological polar surface area (TPSA) is 12.4 Å². The number of rotatable bonds is 1. The molecule has 1 aliphatic heterocycles. The standard InChI is InChI=1S/C13H10ClN/c14-8-10-7-12-11-4-2-1-3-9(11)5-6-13(12)15-10/h1-6H,7-8H2. The van der Waals surface area contributed by atoms with E-state index in [2.05, 4.69) is 41.4 Å². The molecule has 0 fully saturated rings. The molecule has 0 N–H and O–H groups in total. The number of benzene rings is 2. The van der Waals surface area contributed by atoms with Gasteiger partial charge in [0.2, 0.25) is 0 Å². The molecule has 0 saturated carbocycles. The molecule has 15 heavy (non-hydrogen) atoms. The van der Waals surface area contributed by atoms with E-state index in [0.29, 0.717) is 5.88 Å². The number of hydrogen-bond donors (Lipinski definition) is 0. The van der Waals surface area contributed by atoms with Gasteiger partial charge in [0.1, 0.15) is 0 Å². The molecule has 0 atom stereocenters. The van der Waals surface area contributed by atoms with Crippen LogP contribution in [-0.2, 0) is 6.42 Å². The van der Waals surface area contributed by atoms with Crippen LogP contribution in [0.4, 0.5) is 5.69 Å². The van der Waals surface area contributed by atoms with Crippen molar-refractivity contribution >= 4 is 33.8 Å². The summed E-state index contributed by atoms with van der Waals surface area (Å²) in [6.45, 7) is 0. The van der Waals surface area contributed by atoms with Crippen LogP contribution < -0.4 is 0 Å². The molecule has 2 aromatic rings. The van der Waals surface area contributed by atoms with Gasteiger partial charge in [0.05, 0.1) is 11.6 Å². The maximum absolute atomic E-state index is 5.82. The van der Waals surface area contributed by atoms with Crippen LogP contribution in [0.2, 0.25) is 0 Å². The highest BCUT2D eigenvalue weighted by molar-refractivity contribution is 6.29. The highest BCUT2D eigenvalue weighted by Crippen LogP contribution is 2.33. The molecule has 0 aliphatic carbocycles. The van der Waals surface area contributed by atoms with Gasteiger partial charge in [0, 0.05) is 12.1 Å². The summed E-state index contributed by atoms with van der Waals surface area (Å²) in [6.07, 6.45) is 0.903. The molecule has 0 spiro atoms. The molecule has 0 radical (unpaired) electrons. The third-order valence-electron chi connectivity index (χ3n) is 2.83. The number of alkyl halides is 1. The molecule has 2 aromatic carbocycles. The number of halogens is 1. The Hall–Kier alpha value is -1.34. The van der Waals surface area contributed by atoms with Gasteiger partial charge in [0.25, 0.3) is 0 Å². The van der Waals surface area contributed by atoms with E-state index in [4.69, 9.17) is 11.6 Å².